The van der Waals surface area contributed by atoms with Crippen molar-refractivity contribution in [3.05, 3.63) is 0 Å². The predicted molar refractivity (Wildman–Crippen MR) is 57.8 cm³/mol. The summed E-state index contributed by atoms with van der Waals surface area (Å²) in [4.78, 5) is 13.4. The Hall–Kier alpha value is -0.260. The van der Waals surface area contributed by atoms with E-state index in [0.717, 1.165) is 19.0 Å². The van der Waals surface area contributed by atoms with Crippen LogP contribution in [0.4, 0.5) is 0 Å². The number of nitrogens with zero attached hydrogens (tertiary/aromatic N) is 2. The second kappa shape index (κ2) is 3.40. The molecule has 1 spiro atoms. The maximum absolute atomic E-state index is 11.6. The number of likely N-dealkylation sites (tertiary alicyclic amines) is 1. The Morgan fingerprint density at radius 1 is 1.57 bits per heavy atom. The quantitative estimate of drug-likeness (QED) is 0.498. The van der Waals surface area contributed by atoms with Gasteiger partial charge in [-0.1, -0.05) is 11.9 Å². The van der Waals surface area contributed by atoms with Gasteiger partial charge in [-0.15, -0.1) is 0 Å². The molecule has 0 saturated carbocycles. The third-order valence-corrected chi connectivity index (χ3v) is 4.39. The van der Waals surface area contributed by atoms with E-state index in [1.54, 1.807) is 16.8 Å². The van der Waals surface area contributed by atoms with E-state index < -0.39 is 0 Å². The number of likely N-dealkylation sites (N-methyl/N-ethyl adjacent to an activating group) is 1. The summed E-state index contributed by atoms with van der Waals surface area (Å²) in [5, 5.41) is 3.36. The highest BCUT2D eigenvalue weighted by Gasteiger charge is 2.52. The molecule has 1 atom stereocenters. The van der Waals surface area contributed by atoms with Crippen LogP contribution in [0, 0.1) is 0 Å². The normalized spacial score (nSPS) is 34.0. The predicted octanol–water partition coefficient (Wildman–Crippen LogP) is 0.117. The van der Waals surface area contributed by atoms with Gasteiger partial charge < -0.3 is 4.90 Å². The zero-order valence-electron chi connectivity index (χ0n) is 8.91. The summed E-state index contributed by atoms with van der Waals surface area (Å²) >= 11 is 1.78. The topological polar surface area (TPSA) is 35.6 Å². The number of carbonyl (C=O) groups excluding carboxylic acids is 1. The van der Waals surface area contributed by atoms with E-state index in [0.29, 0.717) is 6.04 Å². The van der Waals surface area contributed by atoms with E-state index >= 15 is 0 Å². The molecule has 2 heterocycles. The Morgan fingerprint density at radius 3 is 2.64 bits per heavy atom. The Balaban J connectivity index is 1.94. The molecule has 2 fully saturated rings. The lowest BCUT2D eigenvalue weighted by Gasteiger charge is -2.51. The average molecular weight is 215 g/mol. The van der Waals surface area contributed by atoms with Crippen molar-refractivity contribution < 1.29 is 4.79 Å². The molecule has 2 rings (SSSR count). The average Bonchev–Trinajstić information content (AvgIpc) is 2.18. The Kier molecular flexibility index (Phi) is 2.49. The van der Waals surface area contributed by atoms with Gasteiger partial charge in [-0.25, -0.2) is 4.31 Å². The van der Waals surface area contributed by atoms with E-state index in [-0.39, 0.29) is 11.4 Å². The van der Waals surface area contributed by atoms with Crippen LogP contribution in [0.25, 0.3) is 0 Å². The summed E-state index contributed by atoms with van der Waals surface area (Å²) in [7, 11) is 1.86. The van der Waals surface area contributed by atoms with Crippen molar-refractivity contribution in [3.63, 3.8) is 0 Å². The van der Waals surface area contributed by atoms with Crippen LogP contribution in [0.3, 0.4) is 0 Å². The SMILES string of the molecule is CC(C)N1CNC2(CS1)CN(C)C2=O. The van der Waals surface area contributed by atoms with Crippen LogP contribution in [0.5, 0.6) is 0 Å². The molecule has 1 N–H and O–H groups in total. The Morgan fingerprint density at radius 2 is 2.29 bits per heavy atom. The smallest absolute Gasteiger partial charge is 0.245 e. The third kappa shape index (κ3) is 1.43. The van der Waals surface area contributed by atoms with Gasteiger partial charge >= 0.3 is 0 Å². The first-order valence-electron chi connectivity index (χ1n) is 4.95. The van der Waals surface area contributed by atoms with Gasteiger partial charge in [0.15, 0.2) is 0 Å². The summed E-state index contributed by atoms with van der Waals surface area (Å²) in [6, 6.07) is 0.526. The molecule has 2 aliphatic rings. The van der Waals surface area contributed by atoms with Crippen molar-refractivity contribution in [3.8, 4) is 0 Å². The van der Waals surface area contributed by atoms with E-state index in [1.165, 1.54) is 0 Å². The number of hydrogen-bond acceptors (Lipinski definition) is 4. The van der Waals surface area contributed by atoms with Crippen LogP contribution in [-0.4, -0.2) is 52.7 Å². The fourth-order valence-corrected chi connectivity index (χ4v) is 3.06. The van der Waals surface area contributed by atoms with Gasteiger partial charge in [-0.3, -0.25) is 10.1 Å². The number of hydrogen-bond donors (Lipinski definition) is 1. The minimum atomic E-state index is -0.245. The minimum Gasteiger partial charge on any atom is -0.342 e. The monoisotopic (exact) mass is 215 g/mol. The van der Waals surface area contributed by atoms with Crippen molar-refractivity contribution in [2.24, 2.45) is 0 Å². The molecule has 1 amide bonds. The van der Waals surface area contributed by atoms with Gasteiger partial charge in [-0.2, -0.15) is 0 Å². The summed E-state index contributed by atoms with van der Waals surface area (Å²) in [6.45, 7) is 6.00. The number of nitrogens with one attached hydrogen (secondary N) is 1. The van der Waals surface area contributed by atoms with Crippen molar-refractivity contribution in [2.45, 2.75) is 25.4 Å². The first-order valence-corrected chi connectivity index (χ1v) is 5.89. The van der Waals surface area contributed by atoms with Gasteiger partial charge in [0.2, 0.25) is 5.91 Å². The summed E-state index contributed by atoms with van der Waals surface area (Å²) in [6.07, 6.45) is 0. The molecule has 14 heavy (non-hydrogen) atoms. The molecule has 0 radical (unpaired) electrons. The Labute approximate surface area is 89.1 Å². The summed E-state index contributed by atoms with van der Waals surface area (Å²) in [5.74, 6) is 1.11. The van der Waals surface area contributed by atoms with Crippen molar-refractivity contribution in [1.82, 2.24) is 14.5 Å². The molecule has 0 bridgehead atoms. The zero-order valence-corrected chi connectivity index (χ0v) is 9.73. The van der Waals surface area contributed by atoms with Gasteiger partial charge in [-0.05, 0) is 13.8 Å². The Bertz CT molecular complexity index is 248. The van der Waals surface area contributed by atoms with Crippen LogP contribution in [0.2, 0.25) is 0 Å². The van der Waals surface area contributed by atoms with Crippen LogP contribution < -0.4 is 5.32 Å². The number of amides is 1. The van der Waals surface area contributed by atoms with Crippen molar-refractivity contribution >= 4 is 17.9 Å². The summed E-state index contributed by atoms with van der Waals surface area (Å²) < 4.78 is 2.27. The van der Waals surface area contributed by atoms with Crippen LogP contribution in [-0.2, 0) is 4.79 Å². The third-order valence-electron chi connectivity index (χ3n) is 2.89. The number of carbonyl (C=O) groups is 1. The molecular weight excluding hydrogens is 198 g/mol. The van der Waals surface area contributed by atoms with Gasteiger partial charge in [0.1, 0.15) is 5.54 Å². The fraction of sp³-hybridized carbons (Fsp3) is 0.889. The molecule has 0 aliphatic carbocycles. The largest absolute Gasteiger partial charge is 0.342 e. The standard InChI is InChI=1S/C9H17N3OS/c1-7(2)12-6-10-9(5-14-12)4-11(3)8(9)13/h7,10H,4-6H2,1-3H3. The number of rotatable bonds is 1. The minimum absolute atomic E-state index is 0.244. The highest BCUT2D eigenvalue weighted by molar-refractivity contribution is 7.97. The molecule has 2 aliphatic heterocycles. The highest BCUT2D eigenvalue weighted by atomic mass is 32.2. The lowest BCUT2D eigenvalue weighted by molar-refractivity contribution is -0.149. The maximum atomic E-state index is 11.6. The lowest BCUT2D eigenvalue weighted by atomic mass is 9.91. The number of β-lactam (4-membered cyclic amide) rings is 1. The van der Waals surface area contributed by atoms with E-state index in [2.05, 4.69) is 23.5 Å². The molecule has 1 unspecified atom stereocenters. The molecular formula is C9H17N3OS. The molecule has 5 heteroatoms. The highest BCUT2D eigenvalue weighted by Crippen LogP contribution is 2.31. The van der Waals surface area contributed by atoms with Crippen molar-refractivity contribution in [1.29, 1.82) is 0 Å². The van der Waals surface area contributed by atoms with Crippen molar-refractivity contribution in [2.75, 3.05) is 26.0 Å². The molecule has 0 aromatic heterocycles. The van der Waals surface area contributed by atoms with Gasteiger partial charge in [0.05, 0.1) is 6.67 Å². The van der Waals surface area contributed by atoms with E-state index in [4.69, 9.17) is 0 Å². The van der Waals surface area contributed by atoms with Crippen LogP contribution in [0.15, 0.2) is 0 Å². The van der Waals surface area contributed by atoms with E-state index in [1.807, 2.05) is 7.05 Å². The lowest BCUT2D eigenvalue weighted by Crippen LogP contribution is -2.76. The fourth-order valence-electron chi connectivity index (χ4n) is 1.91. The first-order chi connectivity index (χ1) is 6.55. The van der Waals surface area contributed by atoms with Gasteiger partial charge in [0, 0.05) is 25.4 Å². The first kappa shape index (κ1) is 10.3. The zero-order chi connectivity index (χ0) is 10.3. The van der Waals surface area contributed by atoms with E-state index in [9.17, 15) is 4.79 Å². The second-order valence-corrected chi connectivity index (χ2v) is 5.38. The molecule has 4 nitrogen and oxygen atoms in total. The second-order valence-electron chi connectivity index (χ2n) is 4.36. The van der Waals surface area contributed by atoms with Crippen LogP contribution >= 0.6 is 11.9 Å². The molecule has 0 aromatic carbocycles. The molecule has 0 aromatic rings. The van der Waals surface area contributed by atoms with Gasteiger partial charge in [0.25, 0.3) is 0 Å². The maximum Gasteiger partial charge on any atom is 0.245 e. The molecule has 80 valence electrons. The summed E-state index contributed by atoms with van der Waals surface area (Å²) in [5.41, 5.74) is -0.245. The molecule has 2 saturated heterocycles. The van der Waals surface area contributed by atoms with Crippen LogP contribution in [0.1, 0.15) is 13.8 Å².